The van der Waals surface area contributed by atoms with Crippen molar-refractivity contribution in [2.24, 2.45) is 5.92 Å². The molecule has 0 spiro atoms. The van der Waals surface area contributed by atoms with Crippen molar-refractivity contribution < 1.29 is 44.8 Å². The van der Waals surface area contributed by atoms with E-state index >= 15 is 0 Å². The number of rotatable bonds is 6. The molecule has 1 saturated heterocycles. The van der Waals surface area contributed by atoms with Crippen molar-refractivity contribution in [2.75, 3.05) is 18.0 Å². The molecule has 1 aliphatic heterocycles. The van der Waals surface area contributed by atoms with Crippen LogP contribution < -0.4 is 4.90 Å². The molecular weight excluding hydrogens is 544 g/mol. The molecule has 0 aliphatic carbocycles. The van der Waals surface area contributed by atoms with Crippen LogP contribution in [-0.2, 0) is 6.54 Å². The maximum atomic E-state index is 14.5. The number of hydrogen-bond donors (Lipinski definition) is 1. The summed E-state index contributed by atoms with van der Waals surface area (Å²) >= 11 is 0. The summed E-state index contributed by atoms with van der Waals surface area (Å²) in [5.41, 5.74) is -4.03. The molecule has 5 rings (SSSR count). The van der Waals surface area contributed by atoms with E-state index in [2.05, 4.69) is 20.2 Å². The van der Waals surface area contributed by atoms with E-state index in [-0.39, 0.29) is 23.6 Å². The van der Waals surface area contributed by atoms with E-state index < -0.39 is 54.4 Å². The van der Waals surface area contributed by atoms with Gasteiger partial charge in [-0.1, -0.05) is 23.4 Å². The predicted molar refractivity (Wildman–Crippen MR) is 117 cm³/mol. The van der Waals surface area contributed by atoms with Gasteiger partial charge < -0.3 is 14.5 Å². The van der Waals surface area contributed by atoms with Crippen molar-refractivity contribution in [3.8, 4) is 22.9 Å². The van der Waals surface area contributed by atoms with E-state index in [0.717, 1.165) is 4.90 Å². The van der Waals surface area contributed by atoms with Crippen molar-refractivity contribution in [1.29, 1.82) is 0 Å². The Balaban J connectivity index is 1.46. The molecule has 0 atom stereocenters. The normalized spacial score (nSPS) is 15.1. The van der Waals surface area contributed by atoms with Crippen molar-refractivity contribution >= 4 is 5.82 Å². The molecule has 8 nitrogen and oxygen atoms in total. The lowest BCUT2D eigenvalue weighted by Crippen LogP contribution is -2.70. The summed E-state index contributed by atoms with van der Waals surface area (Å²) in [6.45, 7) is -2.02. The minimum absolute atomic E-state index is 0.0322. The summed E-state index contributed by atoms with van der Waals surface area (Å²) in [6, 6.07) is 8.83. The molecule has 39 heavy (non-hydrogen) atoms. The van der Waals surface area contributed by atoms with E-state index in [1.54, 1.807) is 6.07 Å². The lowest BCUT2D eigenvalue weighted by molar-refractivity contribution is -0.386. The van der Waals surface area contributed by atoms with Gasteiger partial charge in [0, 0.05) is 30.6 Å². The van der Waals surface area contributed by atoms with Crippen molar-refractivity contribution in [2.45, 2.75) is 24.5 Å². The van der Waals surface area contributed by atoms with Crippen LogP contribution in [0.15, 0.2) is 53.4 Å². The van der Waals surface area contributed by atoms with Crippen LogP contribution in [0.2, 0.25) is 0 Å². The smallest absolute Gasteiger partial charge is 0.373 e. The summed E-state index contributed by atoms with van der Waals surface area (Å²) in [7, 11) is 0. The Morgan fingerprint density at radius 3 is 2.26 bits per heavy atom. The summed E-state index contributed by atoms with van der Waals surface area (Å²) in [4.78, 5) is 8.63. The van der Waals surface area contributed by atoms with Gasteiger partial charge in [0.2, 0.25) is 0 Å². The summed E-state index contributed by atoms with van der Waals surface area (Å²) < 4.78 is 114. The molecule has 3 aromatic heterocycles. The molecule has 206 valence electrons. The van der Waals surface area contributed by atoms with Gasteiger partial charge in [-0.15, -0.1) is 0 Å². The van der Waals surface area contributed by atoms with Crippen molar-refractivity contribution in [1.82, 2.24) is 24.9 Å². The van der Waals surface area contributed by atoms with Crippen LogP contribution in [0.25, 0.3) is 22.9 Å². The van der Waals surface area contributed by atoms with Gasteiger partial charge in [-0.2, -0.15) is 31.4 Å². The highest BCUT2D eigenvalue weighted by Gasteiger charge is 2.75. The van der Waals surface area contributed by atoms with Crippen LogP contribution in [0.1, 0.15) is 5.56 Å². The van der Waals surface area contributed by atoms with Crippen LogP contribution in [0, 0.1) is 17.6 Å². The van der Waals surface area contributed by atoms with E-state index in [0.29, 0.717) is 17.6 Å². The fourth-order valence-electron chi connectivity index (χ4n) is 4.23. The summed E-state index contributed by atoms with van der Waals surface area (Å²) in [5.74, 6) is -4.72. The first-order valence-electron chi connectivity index (χ1n) is 11.1. The van der Waals surface area contributed by atoms with Gasteiger partial charge in [0.15, 0.2) is 17.5 Å². The molecule has 1 N–H and O–H groups in total. The van der Waals surface area contributed by atoms with Crippen molar-refractivity contribution in [3.05, 3.63) is 66.1 Å². The zero-order valence-corrected chi connectivity index (χ0v) is 19.4. The number of nitrogens with zero attached hydrogens (tertiary/aromatic N) is 6. The molecule has 4 heterocycles. The third kappa shape index (κ3) is 4.57. The van der Waals surface area contributed by atoms with Crippen LogP contribution in [-0.4, -0.2) is 61.1 Å². The lowest BCUT2D eigenvalue weighted by atomic mass is 9.80. The molecule has 0 amide bonds. The monoisotopic (exact) mass is 560 g/mol. The van der Waals surface area contributed by atoms with Crippen LogP contribution in [0.4, 0.5) is 40.9 Å². The van der Waals surface area contributed by atoms with Crippen molar-refractivity contribution in [3.63, 3.8) is 0 Å². The Morgan fingerprint density at radius 1 is 0.949 bits per heavy atom. The average molecular weight is 560 g/mol. The molecule has 0 saturated carbocycles. The maximum Gasteiger partial charge on any atom is 0.426 e. The second-order valence-corrected chi connectivity index (χ2v) is 8.78. The van der Waals surface area contributed by atoms with E-state index in [9.17, 15) is 40.2 Å². The molecule has 4 aromatic rings. The lowest BCUT2D eigenvalue weighted by Gasteiger charge is -2.48. The topological polar surface area (TPSA) is 93.1 Å². The molecule has 1 aromatic carbocycles. The van der Waals surface area contributed by atoms with Crippen LogP contribution in [0.3, 0.4) is 0 Å². The SMILES string of the molecule is OC(C1CN(c2nc(-c3cc(-c4ccon4)n(Cc4ccccc4F)n3)ncc2F)C1)(C(F)(F)F)C(F)(F)F. The quantitative estimate of drug-likeness (QED) is 0.345. The number of hydrogen-bond acceptors (Lipinski definition) is 7. The number of aliphatic hydroxyl groups is 1. The zero-order chi connectivity index (χ0) is 28.2. The van der Waals surface area contributed by atoms with E-state index in [4.69, 9.17) is 4.52 Å². The third-order valence-corrected chi connectivity index (χ3v) is 6.35. The number of halogens is 8. The van der Waals surface area contributed by atoms with Gasteiger partial charge in [-0.25, -0.2) is 18.7 Å². The second kappa shape index (κ2) is 9.29. The number of alkyl halides is 6. The van der Waals surface area contributed by atoms with Crippen LogP contribution in [0.5, 0.6) is 0 Å². The van der Waals surface area contributed by atoms with E-state index in [1.807, 2.05) is 0 Å². The standard InChI is InChI=1S/C23H16F8N6O2/c24-14-4-2-1-3-12(14)9-37-18(16-5-6-39-35-16)7-17(34-37)19-32-8-15(25)20(33-19)36-10-13(11-36)21(38,22(26,27)28)23(29,30)31/h1-8,13,38H,9-11H2. The minimum atomic E-state index is -6.00. The Bertz CT molecular complexity index is 1460. The molecule has 0 radical (unpaired) electrons. The Morgan fingerprint density at radius 2 is 1.64 bits per heavy atom. The zero-order valence-electron chi connectivity index (χ0n) is 19.4. The minimum Gasteiger partial charge on any atom is -0.373 e. The molecule has 1 fully saturated rings. The maximum absolute atomic E-state index is 14.5. The summed E-state index contributed by atoms with van der Waals surface area (Å²) in [5, 5.41) is 17.7. The molecular formula is C23H16F8N6O2. The largest absolute Gasteiger partial charge is 0.426 e. The fourth-order valence-corrected chi connectivity index (χ4v) is 4.23. The van der Waals surface area contributed by atoms with Gasteiger partial charge in [0.05, 0.1) is 18.4 Å². The second-order valence-electron chi connectivity index (χ2n) is 8.78. The molecule has 0 bridgehead atoms. The van der Waals surface area contributed by atoms with Gasteiger partial charge >= 0.3 is 12.4 Å². The highest BCUT2D eigenvalue weighted by Crippen LogP contribution is 2.50. The first kappa shape index (κ1) is 26.5. The highest BCUT2D eigenvalue weighted by atomic mass is 19.4. The molecule has 16 heteroatoms. The first-order chi connectivity index (χ1) is 18.3. The third-order valence-electron chi connectivity index (χ3n) is 6.35. The Labute approximate surface area is 213 Å². The summed E-state index contributed by atoms with van der Waals surface area (Å²) in [6.07, 6.45) is -10.0. The molecule has 0 unspecified atom stereocenters. The average Bonchev–Trinajstić information content (AvgIpc) is 3.49. The Hall–Kier alpha value is -4.08. The van der Waals surface area contributed by atoms with Gasteiger partial charge in [0.25, 0.3) is 5.60 Å². The number of benzene rings is 1. The van der Waals surface area contributed by atoms with Gasteiger partial charge in [0.1, 0.15) is 23.5 Å². The van der Waals surface area contributed by atoms with E-state index in [1.165, 1.54) is 41.3 Å². The highest BCUT2D eigenvalue weighted by molar-refractivity contribution is 5.63. The Kier molecular flexibility index (Phi) is 6.32. The first-order valence-corrected chi connectivity index (χ1v) is 11.1. The number of anilines is 1. The fraction of sp³-hybridized carbons (Fsp3) is 0.304. The van der Waals surface area contributed by atoms with Crippen LogP contribution >= 0.6 is 0 Å². The molecule has 1 aliphatic rings. The number of aromatic nitrogens is 5. The van der Waals surface area contributed by atoms with Gasteiger partial charge in [-0.05, 0) is 12.1 Å². The predicted octanol–water partition coefficient (Wildman–Crippen LogP) is 4.61. The van der Waals surface area contributed by atoms with Gasteiger partial charge in [-0.3, -0.25) is 4.68 Å².